The smallest absolute Gasteiger partial charge is 0.225 e. The van der Waals surface area contributed by atoms with Gasteiger partial charge in [0.1, 0.15) is 0 Å². The second kappa shape index (κ2) is 7.82. The maximum absolute atomic E-state index is 12.9. The summed E-state index contributed by atoms with van der Waals surface area (Å²) in [5.41, 5.74) is 5.55. The van der Waals surface area contributed by atoms with Gasteiger partial charge in [-0.1, -0.05) is 36.4 Å². The second-order valence-electron chi connectivity index (χ2n) is 8.12. The first kappa shape index (κ1) is 18.7. The molecule has 1 aliphatic rings. The Bertz CT molecular complexity index is 1210. The normalized spacial score (nSPS) is 16.8. The van der Waals surface area contributed by atoms with Gasteiger partial charge in [-0.15, -0.1) is 0 Å². The minimum atomic E-state index is -0.0222. The van der Waals surface area contributed by atoms with Crippen LogP contribution in [-0.2, 0) is 11.3 Å². The molecule has 0 aliphatic carbocycles. The molecule has 2 aromatic heterocycles. The summed E-state index contributed by atoms with van der Waals surface area (Å²) in [5.74, 6) is 1.08. The number of fused-ring (bicyclic) bond motifs is 3. The lowest BCUT2D eigenvalue weighted by molar-refractivity contribution is -0.125. The maximum atomic E-state index is 12.9. The van der Waals surface area contributed by atoms with Crippen molar-refractivity contribution in [3.8, 4) is 0 Å². The highest BCUT2D eigenvalue weighted by atomic mass is 16.1. The van der Waals surface area contributed by atoms with Gasteiger partial charge >= 0.3 is 0 Å². The molecule has 0 saturated carbocycles. The molecule has 30 heavy (non-hydrogen) atoms. The Balaban J connectivity index is 1.37. The highest BCUT2D eigenvalue weighted by Crippen LogP contribution is 2.29. The quantitative estimate of drug-likeness (QED) is 0.557. The monoisotopic (exact) mass is 398 g/mol. The largest absolute Gasteiger partial charge is 0.354 e. The third-order valence-electron chi connectivity index (χ3n) is 6.15. The number of aromatic nitrogens is 2. The van der Waals surface area contributed by atoms with E-state index in [2.05, 4.69) is 64.1 Å². The molecule has 2 aromatic carbocycles. The molecule has 1 atom stereocenters. The first-order valence-electron chi connectivity index (χ1n) is 10.6. The van der Waals surface area contributed by atoms with Crippen molar-refractivity contribution in [3.63, 3.8) is 0 Å². The molecule has 5 heteroatoms. The summed E-state index contributed by atoms with van der Waals surface area (Å²) in [4.78, 5) is 20.2. The van der Waals surface area contributed by atoms with Crippen LogP contribution in [0, 0.1) is 12.8 Å². The fraction of sp³-hybridized carbons (Fsp3) is 0.280. The summed E-state index contributed by atoms with van der Waals surface area (Å²) in [5, 5.41) is 3.15. The standard InChI is InChI=1S/C25H26N4O/c1-18-8-2-3-9-19(18)16-26-25(30)20-10-6-14-28(17-20)24-23-13-7-15-29(23)22-12-5-4-11-21(22)27-24/h2-5,7-9,11-13,15,20H,6,10,14,16-17H2,1H3,(H,26,30)/t20-/m0/s1. The van der Waals surface area contributed by atoms with Gasteiger partial charge in [0.05, 0.1) is 22.5 Å². The molecule has 0 radical (unpaired) electrons. The Morgan fingerprint density at radius 3 is 2.77 bits per heavy atom. The van der Waals surface area contributed by atoms with E-state index in [9.17, 15) is 4.79 Å². The average Bonchev–Trinajstić information content (AvgIpc) is 3.28. The lowest BCUT2D eigenvalue weighted by Gasteiger charge is -2.33. The summed E-state index contributed by atoms with van der Waals surface area (Å²) in [7, 11) is 0. The fourth-order valence-electron chi connectivity index (χ4n) is 4.46. The van der Waals surface area contributed by atoms with Crippen LogP contribution >= 0.6 is 0 Å². The predicted octanol–water partition coefficient (Wildman–Crippen LogP) is 4.33. The van der Waals surface area contributed by atoms with E-state index in [-0.39, 0.29) is 11.8 Å². The fourth-order valence-corrected chi connectivity index (χ4v) is 4.46. The van der Waals surface area contributed by atoms with Crippen molar-refractivity contribution in [3.05, 3.63) is 78.0 Å². The molecule has 1 fully saturated rings. The molecule has 5 rings (SSSR count). The number of carbonyl (C=O) groups excluding carboxylic acids is 1. The number of aryl methyl sites for hydroxylation is 1. The van der Waals surface area contributed by atoms with E-state index in [0.717, 1.165) is 41.8 Å². The Kier molecular flexibility index (Phi) is 4.87. The molecule has 1 N–H and O–H groups in total. The van der Waals surface area contributed by atoms with Crippen molar-refractivity contribution in [2.24, 2.45) is 5.92 Å². The molecule has 3 heterocycles. The topological polar surface area (TPSA) is 49.6 Å². The first-order chi connectivity index (χ1) is 14.7. The van der Waals surface area contributed by atoms with Crippen molar-refractivity contribution in [2.75, 3.05) is 18.0 Å². The molecule has 1 amide bonds. The Morgan fingerprint density at radius 2 is 1.87 bits per heavy atom. The number of anilines is 1. The minimum Gasteiger partial charge on any atom is -0.354 e. The molecule has 5 nitrogen and oxygen atoms in total. The van der Waals surface area contributed by atoms with Crippen molar-refractivity contribution in [1.29, 1.82) is 0 Å². The van der Waals surface area contributed by atoms with Crippen LogP contribution in [0.1, 0.15) is 24.0 Å². The summed E-state index contributed by atoms with van der Waals surface area (Å²) in [6.07, 6.45) is 3.99. The Hall–Kier alpha value is -3.34. The highest BCUT2D eigenvalue weighted by molar-refractivity contribution is 5.86. The second-order valence-corrected chi connectivity index (χ2v) is 8.12. The zero-order valence-corrected chi connectivity index (χ0v) is 17.2. The van der Waals surface area contributed by atoms with E-state index < -0.39 is 0 Å². The van der Waals surface area contributed by atoms with Gasteiger partial charge in [0.25, 0.3) is 0 Å². The van der Waals surface area contributed by atoms with E-state index in [1.54, 1.807) is 0 Å². The van der Waals surface area contributed by atoms with Gasteiger partial charge in [-0.3, -0.25) is 4.79 Å². The summed E-state index contributed by atoms with van der Waals surface area (Å²) in [6, 6.07) is 20.6. The van der Waals surface area contributed by atoms with Crippen LogP contribution in [0.5, 0.6) is 0 Å². The van der Waals surface area contributed by atoms with Crippen LogP contribution in [0.15, 0.2) is 66.9 Å². The molecule has 1 saturated heterocycles. The SMILES string of the molecule is Cc1ccccc1CNC(=O)[C@H]1CCCN(c2nc3ccccc3n3cccc23)C1. The number of nitrogens with one attached hydrogen (secondary N) is 1. The first-order valence-corrected chi connectivity index (χ1v) is 10.6. The summed E-state index contributed by atoms with van der Waals surface area (Å²) < 4.78 is 2.19. The lowest BCUT2D eigenvalue weighted by atomic mass is 9.96. The zero-order valence-electron chi connectivity index (χ0n) is 17.2. The van der Waals surface area contributed by atoms with Crippen LogP contribution in [-0.4, -0.2) is 28.4 Å². The summed E-state index contributed by atoms with van der Waals surface area (Å²) >= 11 is 0. The van der Waals surface area contributed by atoms with E-state index in [1.165, 1.54) is 11.1 Å². The van der Waals surface area contributed by atoms with Gasteiger partial charge in [-0.2, -0.15) is 0 Å². The molecule has 1 aliphatic heterocycles. The number of carbonyl (C=O) groups is 1. The van der Waals surface area contributed by atoms with Crippen molar-refractivity contribution >= 4 is 28.3 Å². The van der Waals surface area contributed by atoms with Crippen molar-refractivity contribution in [1.82, 2.24) is 14.7 Å². The number of amides is 1. The van der Waals surface area contributed by atoms with Crippen LogP contribution in [0.2, 0.25) is 0 Å². The van der Waals surface area contributed by atoms with Crippen LogP contribution in [0.4, 0.5) is 5.82 Å². The van der Waals surface area contributed by atoms with Crippen LogP contribution in [0.3, 0.4) is 0 Å². The van der Waals surface area contributed by atoms with Gasteiger partial charge in [-0.25, -0.2) is 4.98 Å². The van der Waals surface area contributed by atoms with E-state index in [0.29, 0.717) is 13.1 Å². The number of hydrogen-bond acceptors (Lipinski definition) is 3. The number of para-hydroxylation sites is 2. The minimum absolute atomic E-state index is 0.0222. The van der Waals surface area contributed by atoms with Gasteiger partial charge in [0.15, 0.2) is 5.82 Å². The summed E-state index contributed by atoms with van der Waals surface area (Å²) in [6.45, 7) is 4.29. The number of nitrogens with zero attached hydrogens (tertiary/aromatic N) is 3. The third kappa shape index (κ3) is 3.41. The number of benzene rings is 2. The van der Waals surface area contributed by atoms with E-state index >= 15 is 0 Å². The molecule has 152 valence electrons. The Labute approximate surface area is 176 Å². The number of piperidine rings is 1. The predicted molar refractivity (Wildman–Crippen MR) is 121 cm³/mol. The van der Waals surface area contributed by atoms with Crippen LogP contribution in [0.25, 0.3) is 16.6 Å². The Morgan fingerprint density at radius 1 is 1.07 bits per heavy atom. The third-order valence-corrected chi connectivity index (χ3v) is 6.15. The molecular formula is C25H26N4O. The molecule has 4 aromatic rings. The zero-order chi connectivity index (χ0) is 20.5. The maximum Gasteiger partial charge on any atom is 0.225 e. The van der Waals surface area contributed by atoms with E-state index in [1.807, 2.05) is 24.3 Å². The number of hydrogen-bond donors (Lipinski definition) is 1. The molecule has 0 unspecified atom stereocenters. The number of rotatable bonds is 4. The van der Waals surface area contributed by atoms with E-state index in [4.69, 9.17) is 4.98 Å². The molecule has 0 bridgehead atoms. The van der Waals surface area contributed by atoms with Crippen molar-refractivity contribution < 1.29 is 4.79 Å². The van der Waals surface area contributed by atoms with Crippen molar-refractivity contribution in [2.45, 2.75) is 26.3 Å². The van der Waals surface area contributed by atoms with Gasteiger partial charge in [-0.05, 0) is 55.2 Å². The van der Waals surface area contributed by atoms with Gasteiger partial charge in [0, 0.05) is 25.8 Å². The lowest BCUT2D eigenvalue weighted by Crippen LogP contribution is -2.43. The molecule has 0 spiro atoms. The average molecular weight is 399 g/mol. The molecular weight excluding hydrogens is 372 g/mol. The van der Waals surface area contributed by atoms with Crippen LogP contribution < -0.4 is 10.2 Å². The highest BCUT2D eigenvalue weighted by Gasteiger charge is 2.27. The van der Waals surface area contributed by atoms with Gasteiger partial charge in [0.2, 0.25) is 5.91 Å². The van der Waals surface area contributed by atoms with Gasteiger partial charge < -0.3 is 14.6 Å².